The number of anilines is 1. The number of rotatable bonds is 2. The van der Waals surface area contributed by atoms with Crippen molar-refractivity contribution in [1.29, 1.82) is 0 Å². The fraction of sp³-hybridized carbons (Fsp3) is 0.222. The lowest BCUT2D eigenvalue weighted by Gasteiger charge is -2.30. The Labute approximate surface area is 143 Å². The Morgan fingerprint density at radius 2 is 2.00 bits per heavy atom. The summed E-state index contributed by atoms with van der Waals surface area (Å²) in [7, 11) is 1.32. The molecule has 3 rings (SSSR count). The molecule has 0 spiro atoms. The van der Waals surface area contributed by atoms with Gasteiger partial charge in [-0.05, 0) is 48.7 Å². The topological polar surface area (TPSA) is 46.6 Å². The van der Waals surface area contributed by atoms with Crippen LogP contribution in [0.4, 0.5) is 10.1 Å². The minimum atomic E-state index is -0.663. The van der Waals surface area contributed by atoms with Crippen molar-refractivity contribution in [2.75, 3.05) is 18.6 Å². The smallest absolute Gasteiger partial charge is 0.338 e. The Balaban J connectivity index is 2.03. The van der Waals surface area contributed by atoms with Crippen LogP contribution in [0, 0.1) is 5.82 Å². The first kappa shape index (κ1) is 16.5. The van der Waals surface area contributed by atoms with Gasteiger partial charge >= 0.3 is 5.97 Å². The molecule has 24 heavy (non-hydrogen) atoms. The minimum absolute atomic E-state index is 0.0456. The van der Waals surface area contributed by atoms with Gasteiger partial charge in [-0.25, -0.2) is 9.18 Å². The molecule has 0 aliphatic carbocycles. The van der Waals surface area contributed by atoms with Gasteiger partial charge in [0.15, 0.2) is 0 Å². The predicted octanol–water partition coefficient (Wildman–Crippen LogP) is 3.86. The summed E-state index contributed by atoms with van der Waals surface area (Å²) in [5, 5.41) is 0.232. The van der Waals surface area contributed by atoms with Crippen molar-refractivity contribution in [1.82, 2.24) is 0 Å². The van der Waals surface area contributed by atoms with Gasteiger partial charge < -0.3 is 9.64 Å². The monoisotopic (exact) mass is 347 g/mol. The summed E-state index contributed by atoms with van der Waals surface area (Å²) in [6, 6.07) is 9.08. The van der Waals surface area contributed by atoms with Crippen molar-refractivity contribution in [3.8, 4) is 0 Å². The van der Waals surface area contributed by atoms with Crippen molar-refractivity contribution < 1.29 is 18.7 Å². The van der Waals surface area contributed by atoms with E-state index >= 15 is 0 Å². The molecule has 6 heteroatoms. The van der Waals surface area contributed by atoms with Crippen LogP contribution >= 0.6 is 11.6 Å². The lowest BCUT2D eigenvalue weighted by atomic mass is 9.95. The lowest BCUT2D eigenvalue weighted by Crippen LogP contribution is -2.36. The minimum Gasteiger partial charge on any atom is -0.465 e. The van der Waals surface area contributed by atoms with Gasteiger partial charge in [-0.15, -0.1) is 0 Å². The zero-order valence-electron chi connectivity index (χ0n) is 13.0. The zero-order valence-corrected chi connectivity index (χ0v) is 13.8. The molecule has 4 nitrogen and oxygen atoms in total. The number of carbonyl (C=O) groups is 2. The van der Waals surface area contributed by atoms with E-state index in [0.29, 0.717) is 30.6 Å². The standard InChI is InChI=1S/C18H15ClFNO3/c1-24-18(23)13-4-2-6-16-12(13)5-3-9-21(16)17(22)14-8-7-11(19)10-15(14)20/h2,4,6-8,10H,3,5,9H2,1H3. The van der Waals surface area contributed by atoms with Crippen LogP contribution < -0.4 is 4.90 Å². The molecule has 1 heterocycles. The molecule has 0 atom stereocenters. The maximum absolute atomic E-state index is 14.1. The van der Waals surface area contributed by atoms with Crippen LogP contribution in [0.2, 0.25) is 5.02 Å². The molecule has 1 aliphatic heterocycles. The Hall–Kier alpha value is -2.40. The van der Waals surface area contributed by atoms with Crippen molar-refractivity contribution in [2.24, 2.45) is 0 Å². The number of hydrogen-bond acceptors (Lipinski definition) is 3. The first-order chi connectivity index (χ1) is 11.5. The van der Waals surface area contributed by atoms with E-state index in [1.807, 2.05) is 0 Å². The molecular formula is C18H15ClFNO3. The maximum Gasteiger partial charge on any atom is 0.338 e. The Bertz CT molecular complexity index is 822. The number of fused-ring (bicyclic) bond motifs is 1. The third-order valence-corrected chi connectivity index (χ3v) is 4.30. The van der Waals surface area contributed by atoms with E-state index in [9.17, 15) is 14.0 Å². The van der Waals surface area contributed by atoms with E-state index in [4.69, 9.17) is 16.3 Å². The van der Waals surface area contributed by atoms with E-state index in [1.165, 1.54) is 24.1 Å². The van der Waals surface area contributed by atoms with E-state index in [2.05, 4.69) is 0 Å². The van der Waals surface area contributed by atoms with Crippen molar-refractivity contribution in [3.05, 3.63) is 63.9 Å². The van der Waals surface area contributed by atoms with Crippen molar-refractivity contribution >= 4 is 29.2 Å². The summed E-state index contributed by atoms with van der Waals surface area (Å²) in [5.41, 5.74) is 1.75. The molecule has 0 bridgehead atoms. The summed E-state index contributed by atoms with van der Waals surface area (Å²) in [4.78, 5) is 26.2. The Kier molecular flexibility index (Phi) is 4.53. The average molecular weight is 348 g/mol. The molecule has 124 valence electrons. The molecule has 0 aromatic heterocycles. The van der Waals surface area contributed by atoms with Gasteiger partial charge in [0.05, 0.1) is 18.2 Å². The van der Waals surface area contributed by atoms with Crippen LogP contribution in [0.25, 0.3) is 0 Å². The molecule has 0 radical (unpaired) electrons. The molecule has 0 N–H and O–H groups in total. The highest BCUT2D eigenvalue weighted by molar-refractivity contribution is 6.30. The van der Waals surface area contributed by atoms with Gasteiger partial charge in [-0.2, -0.15) is 0 Å². The third kappa shape index (κ3) is 2.87. The second-order valence-corrected chi connectivity index (χ2v) is 5.92. The molecule has 2 aromatic carbocycles. The number of benzene rings is 2. The van der Waals surface area contributed by atoms with E-state index in [0.717, 1.165) is 11.6 Å². The van der Waals surface area contributed by atoms with Crippen LogP contribution in [0.3, 0.4) is 0 Å². The van der Waals surface area contributed by atoms with Gasteiger partial charge in [-0.3, -0.25) is 4.79 Å². The molecule has 0 saturated heterocycles. The molecule has 0 fully saturated rings. The number of ether oxygens (including phenoxy) is 1. The summed E-state index contributed by atoms with van der Waals surface area (Å²) in [6.07, 6.45) is 1.34. The van der Waals surface area contributed by atoms with Crippen LogP contribution in [-0.4, -0.2) is 25.5 Å². The summed E-state index contributed by atoms with van der Waals surface area (Å²) in [6.45, 7) is 0.457. The maximum atomic E-state index is 14.1. The molecule has 1 aliphatic rings. The van der Waals surface area contributed by atoms with Crippen LogP contribution in [0.5, 0.6) is 0 Å². The second-order valence-electron chi connectivity index (χ2n) is 5.48. The highest BCUT2D eigenvalue weighted by Crippen LogP contribution is 2.32. The molecule has 0 unspecified atom stereocenters. The van der Waals surface area contributed by atoms with Crippen LogP contribution in [-0.2, 0) is 11.2 Å². The predicted molar refractivity (Wildman–Crippen MR) is 89.2 cm³/mol. The second kappa shape index (κ2) is 6.61. The number of halogens is 2. The Morgan fingerprint density at radius 1 is 1.21 bits per heavy atom. The highest BCUT2D eigenvalue weighted by Gasteiger charge is 2.28. The largest absolute Gasteiger partial charge is 0.465 e. The van der Waals surface area contributed by atoms with Crippen LogP contribution in [0.15, 0.2) is 36.4 Å². The zero-order chi connectivity index (χ0) is 17.3. The fourth-order valence-corrected chi connectivity index (χ4v) is 3.10. The summed E-state index contributed by atoms with van der Waals surface area (Å²) in [5.74, 6) is -1.56. The van der Waals surface area contributed by atoms with Crippen LogP contribution in [0.1, 0.15) is 32.7 Å². The number of esters is 1. The third-order valence-electron chi connectivity index (χ3n) is 4.06. The lowest BCUT2D eigenvalue weighted by molar-refractivity contribution is 0.0599. The van der Waals surface area contributed by atoms with Gasteiger partial charge in [0.2, 0.25) is 0 Å². The number of nitrogens with zero attached hydrogens (tertiary/aromatic N) is 1. The van der Waals surface area contributed by atoms with Gasteiger partial charge in [0, 0.05) is 17.3 Å². The number of amides is 1. The SMILES string of the molecule is COC(=O)c1cccc2c1CCCN2C(=O)c1ccc(Cl)cc1F. The summed E-state index contributed by atoms with van der Waals surface area (Å²) >= 11 is 5.74. The van der Waals surface area contributed by atoms with Crippen molar-refractivity contribution in [2.45, 2.75) is 12.8 Å². The average Bonchev–Trinajstić information content (AvgIpc) is 2.59. The van der Waals surface area contributed by atoms with Gasteiger partial charge in [0.25, 0.3) is 5.91 Å². The quantitative estimate of drug-likeness (QED) is 0.775. The van der Waals surface area contributed by atoms with E-state index < -0.39 is 17.7 Å². The first-order valence-corrected chi connectivity index (χ1v) is 7.88. The van der Waals surface area contributed by atoms with Crippen molar-refractivity contribution in [3.63, 3.8) is 0 Å². The normalized spacial score (nSPS) is 13.4. The summed E-state index contributed by atoms with van der Waals surface area (Å²) < 4.78 is 18.9. The molecule has 1 amide bonds. The highest BCUT2D eigenvalue weighted by atomic mass is 35.5. The van der Waals surface area contributed by atoms with E-state index in [-0.39, 0.29) is 10.6 Å². The number of carbonyl (C=O) groups excluding carboxylic acids is 2. The molecule has 2 aromatic rings. The molecule has 0 saturated carbocycles. The number of hydrogen-bond donors (Lipinski definition) is 0. The molecular weight excluding hydrogens is 333 g/mol. The first-order valence-electron chi connectivity index (χ1n) is 7.50. The fourth-order valence-electron chi connectivity index (χ4n) is 2.95. The van der Waals surface area contributed by atoms with E-state index in [1.54, 1.807) is 18.2 Å². The number of methoxy groups -OCH3 is 1. The van der Waals surface area contributed by atoms with Gasteiger partial charge in [0.1, 0.15) is 5.82 Å². The Morgan fingerprint density at radius 3 is 2.71 bits per heavy atom. The van der Waals surface area contributed by atoms with Gasteiger partial charge in [-0.1, -0.05) is 17.7 Å².